The number of nitrogens with one attached hydrogen (secondary N) is 1. The fourth-order valence-corrected chi connectivity index (χ4v) is 5.02. The lowest BCUT2D eigenvalue weighted by Gasteiger charge is -2.33. The Hall–Kier alpha value is -2.89. The van der Waals surface area contributed by atoms with Crippen LogP contribution in [0.1, 0.15) is 38.2 Å². The first kappa shape index (κ1) is 21.3. The largest absolute Gasteiger partial charge is 0.390 e. The van der Waals surface area contributed by atoms with Gasteiger partial charge in [0.05, 0.1) is 22.4 Å². The number of sulfonamides is 1. The molecule has 31 heavy (non-hydrogen) atoms. The fourth-order valence-electron chi connectivity index (χ4n) is 3.69. The molecule has 0 saturated heterocycles. The Labute approximate surface area is 180 Å². The molecule has 0 unspecified atom stereocenters. The number of nitrogen functional groups attached to an aromatic ring is 1. The average Bonchev–Trinajstić information content (AvgIpc) is 3.25. The van der Waals surface area contributed by atoms with Gasteiger partial charge in [-0.3, -0.25) is 0 Å². The molecule has 0 amide bonds. The normalized spacial score (nSPS) is 21.8. The second-order valence-electron chi connectivity index (χ2n) is 8.17. The Morgan fingerprint density at radius 1 is 1.29 bits per heavy atom. The third-order valence-corrected chi connectivity index (χ3v) is 7.12. The standard InChI is InChI=1S/C20H25N7O3S/c1-13-3-4-15(31(29,30)26-14-5-7-20(2,28)8-6-14)9-16(13)17-10-23-18(21)19(25-17)27-12-22-11-24-27/h3-4,9-12,14,26,28H,5-8H2,1-2H3,(H2,21,23). The van der Waals surface area contributed by atoms with Crippen molar-refractivity contribution in [3.05, 3.63) is 42.6 Å². The zero-order valence-corrected chi connectivity index (χ0v) is 18.2. The monoisotopic (exact) mass is 443 g/mol. The lowest BCUT2D eigenvalue weighted by molar-refractivity contribution is 0.0163. The van der Waals surface area contributed by atoms with Crippen LogP contribution >= 0.6 is 0 Å². The molecule has 164 valence electrons. The van der Waals surface area contributed by atoms with Crippen LogP contribution in [-0.2, 0) is 10.0 Å². The molecule has 0 aliphatic heterocycles. The van der Waals surface area contributed by atoms with Crippen LogP contribution in [0.3, 0.4) is 0 Å². The molecule has 2 heterocycles. The number of hydrogen-bond donors (Lipinski definition) is 3. The van der Waals surface area contributed by atoms with Crippen molar-refractivity contribution in [2.24, 2.45) is 0 Å². The number of rotatable bonds is 5. The van der Waals surface area contributed by atoms with Crippen molar-refractivity contribution in [3.63, 3.8) is 0 Å². The second kappa shape index (κ2) is 7.98. The summed E-state index contributed by atoms with van der Waals surface area (Å²) in [6, 6.07) is 4.69. The van der Waals surface area contributed by atoms with Crippen molar-refractivity contribution in [1.82, 2.24) is 29.5 Å². The van der Waals surface area contributed by atoms with E-state index < -0.39 is 15.6 Å². The number of benzene rings is 1. The van der Waals surface area contributed by atoms with E-state index in [2.05, 4.69) is 24.8 Å². The third kappa shape index (κ3) is 4.58. The fraction of sp³-hybridized carbons (Fsp3) is 0.400. The maximum absolute atomic E-state index is 13.0. The van der Waals surface area contributed by atoms with E-state index in [9.17, 15) is 13.5 Å². The first-order chi connectivity index (χ1) is 14.6. The van der Waals surface area contributed by atoms with Crippen LogP contribution in [0.4, 0.5) is 5.82 Å². The van der Waals surface area contributed by atoms with E-state index in [4.69, 9.17) is 5.73 Å². The zero-order chi connectivity index (χ0) is 22.2. The van der Waals surface area contributed by atoms with Crippen molar-refractivity contribution in [3.8, 4) is 17.1 Å². The highest BCUT2D eigenvalue weighted by Crippen LogP contribution is 2.30. The maximum atomic E-state index is 13.0. The Kier molecular flexibility index (Phi) is 5.50. The molecule has 2 aromatic heterocycles. The van der Waals surface area contributed by atoms with E-state index in [1.165, 1.54) is 23.5 Å². The lowest BCUT2D eigenvalue weighted by atomic mass is 9.84. The predicted octanol–water partition coefficient (Wildman–Crippen LogP) is 1.59. The molecule has 1 aliphatic carbocycles. The number of nitrogens with zero attached hydrogens (tertiary/aromatic N) is 5. The highest BCUT2D eigenvalue weighted by atomic mass is 32.2. The van der Waals surface area contributed by atoms with Crippen LogP contribution in [0.15, 0.2) is 41.9 Å². The molecule has 1 aliphatic rings. The van der Waals surface area contributed by atoms with Crippen molar-refractivity contribution in [1.29, 1.82) is 0 Å². The van der Waals surface area contributed by atoms with Gasteiger partial charge in [0.1, 0.15) is 12.7 Å². The van der Waals surface area contributed by atoms with E-state index >= 15 is 0 Å². The second-order valence-corrected chi connectivity index (χ2v) is 9.89. The summed E-state index contributed by atoms with van der Waals surface area (Å²) < 4.78 is 30.2. The molecular formula is C20H25N7O3S. The van der Waals surface area contributed by atoms with Gasteiger partial charge in [-0.2, -0.15) is 9.78 Å². The molecular weight excluding hydrogens is 418 g/mol. The summed E-state index contributed by atoms with van der Waals surface area (Å²) in [6.07, 6.45) is 6.64. The highest BCUT2D eigenvalue weighted by molar-refractivity contribution is 7.89. The Morgan fingerprint density at radius 2 is 2.03 bits per heavy atom. The topological polar surface area (TPSA) is 149 Å². The van der Waals surface area contributed by atoms with Crippen LogP contribution in [0.2, 0.25) is 0 Å². The Morgan fingerprint density at radius 3 is 2.71 bits per heavy atom. The van der Waals surface area contributed by atoms with E-state index in [0.717, 1.165) is 5.56 Å². The van der Waals surface area contributed by atoms with E-state index in [0.29, 0.717) is 42.8 Å². The molecule has 10 nitrogen and oxygen atoms in total. The van der Waals surface area contributed by atoms with Crippen molar-refractivity contribution >= 4 is 15.8 Å². The molecule has 4 rings (SSSR count). The van der Waals surface area contributed by atoms with Gasteiger partial charge in [0, 0.05) is 11.6 Å². The number of aliphatic hydroxyl groups is 1. The first-order valence-electron chi connectivity index (χ1n) is 9.98. The summed E-state index contributed by atoms with van der Waals surface area (Å²) in [7, 11) is -3.74. The number of aromatic nitrogens is 5. The minimum atomic E-state index is -3.74. The van der Waals surface area contributed by atoms with Crippen LogP contribution in [0.25, 0.3) is 17.1 Å². The van der Waals surface area contributed by atoms with Crippen LogP contribution in [0, 0.1) is 6.92 Å². The molecule has 0 radical (unpaired) electrons. The summed E-state index contributed by atoms with van der Waals surface area (Å²) in [5, 5.41) is 14.1. The van der Waals surface area contributed by atoms with Gasteiger partial charge in [0.25, 0.3) is 0 Å². The van der Waals surface area contributed by atoms with Gasteiger partial charge in [-0.05, 0) is 57.2 Å². The molecule has 1 saturated carbocycles. The molecule has 3 aromatic rings. The van der Waals surface area contributed by atoms with Crippen LogP contribution < -0.4 is 10.5 Å². The third-order valence-electron chi connectivity index (χ3n) is 5.60. The van der Waals surface area contributed by atoms with Gasteiger partial charge in [-0.25, -0.2) is 28.1 Å². The number of hydrogen-bond acceptors (Lipinski definition) is 8. The SMILES string of the molecule is Cc1ccc(S(=O)(=O)NC2CCC(C)(O)CC2)cc1-c1cnc(N)c(-n2cncn2)n1. The van der Waals surface area contributed by atoms with E-state index in [-0.39, 0.29) is 16.8 Å². The van der Waals surface area contributed by atoms with Crippen LogP contribution in [-0.4, -0.2) is 49.9 Å². The molecule has 0 bridgehead atoms. The minimum absolute atomic E-state index is 0.145. The van der Waals surface area contributed by atoms with Crippen LogP contribution in [0.5, 0.6) is 0 Å². The summed E-state index contributed by atoms with van der Waals surface area (Å²) in [5.74, 6) is 0.501. The van der Waals surface area contributed by atoms with E-state index in [1.54, 1.807) is 25.1 Å². The number of nitrogens with two attached hydrogens (primary N) is 1. The van der Waals surface area contributed by atoms with Gasteiger partial charge < -0.3 is 10.8 Å². The zero-order valence-electron chi connectivity index (χ0n) is 17.4. The molecule has 0 atom stereocenters. The molecule has 1 fully saturated rings. The summed E-state index contributed by atoms with van der Waals surface area (Å²) in [5.41, 5.74) is 7.15. The molecule has 4 N–H and O–H groups in total. The summed E-state index contributed by atoms with van der Waals surface area (Å²) in [4.78, 5) is 12.8. The smallest absolute Gasteiger partial charge is 0.240 e. The van der Waals surface area contributed by atoms with E-state index in [1.807, 2.05) is 6.92 Å². The van der Waals surface area contributed by atoms with Gasteiger partial charge in [-0.1, -0.05) is 6.07 Å². The number of anilines is 1. The molecule has 1 aromatic carbocycles. The quantitative estimate of drug-likeness (QED) is 0.538. The highest BCUT2D eigenvalue weighted by Gasteiger charge is 2.31. The molecule has 0 spiro atoms. The minimum Gasteiger partial charge on any atom is -0.390 e. The maximum Gasteiger partial charge on any atom is 0.240 e. The van der Waals surface area contributed by atoms with Gasteiger partial charge >= 0.3 is 0 Å². The van der Waals surface area contributed by atoms with Gasteiger partial charge in [-0.15, -0.1) is 0 Å². The number of aryl methyl sites for hydroxylation is 1. The van der Waals surface area contributed by atoms with Crippen molar-refractivity contribution < 1.29 is 13.5 Å². The Bertz CT molecular complexity index is 1180. The van der Waals surface area contributed by atoms with Gasteiger partial charge in [0.15, 0.2) is 11.6 Å². The summed E-state index contributed by atoms with van der Waals surface area (Å²) in [6.45, 7) is 3.65. The predicted molar refractivity (Wildman–Crippen MR) is 115 cm³/mol. The van der Waals surface area contributed by atoms with Crippen molar-refractivity contribution in [2.45, 2.75) is 56.1 Å². The lowest BCUT2D eigenvalue weighted by Crippen LogP contribution is -2.42. The average molecular weight is 444 g/mol. The van der Waals surface area contributed by atoms with Gasteiger partial charge in [0.2, 0.25) is 10.0 Å². The van der Waals surface area contributed by atoms with Crippen molar-refractivity contribution in [2.75, 3.05) is 5.73 Å². The summed E-state index contributed by atoms with van der Waals surface area (Å²) >= 11 is 0. The first-order valence-corrected chi connectivity index (χ1v) is 11.5. The Balaban J connectivity index is 1.64. The molecule has 11 heteroatoms.